The molecule has 10 heterocycles. The second-order valence-corrected chi connectivity index (χ2v) is 34.3. The van der Waals surface area contributed by atoms with Crippen molar-refractivity contribution in [1.82, 2.24) is 83.9 Å². The van der Waals surface area contributed by atoms with Crippen LogP contribution in [0.3, 0.4) is 0 Å². The lowest BCUT2D eigenvalue weighted by molar-refractivity contribution is -0.0394. The molecule has 2 aliphatic heterocycles. The molecular formula is C105H123N21O12. The minimum Gasteiger partial charge on any atom is -0.497 e. The first kappa shape index (κ1) is 97.9. The van der Waals surface area contributed by atoms with Crippen molar-refractivity contribution >= 4 is 89.6 Å². The van der Waals surface area contributed by atoms with Gasteiger partial charge in [-0.15, -0.1) is 0 Å². The van der Waals surface area contributed by atoms with Crippen LogP contribution in [0.25, 0.3) is 89.2 Å². The van der Waals surface area contributed by atoms with Gasteiger partial charge in [0.05, 0.1) is 198 Å². The molecule has 16 aromatic rings. The van der Waals surface area contributed by atoms with Crippen LogP contribution >= 0.6 is 0 Å². The van der Waals surface area contributed by atoms with E-state index < -0.39 is 6.10 Å². The van der Waals surface area contributed by atoms with Crippen LogP contribution in [0.2, 0.25) is 0 Å². The number of hydrogen-bond donors (Lipinski definition) is 3. The van der Waals surface area contributed by atoms with Crippen molar-refractivity contribution in [3.05, 3.63) is 220 Å². The first-order chi connectivity index (χ1) is 67.2. The number of rotatable bonds is 35. The third kappa shape index (κ3) is 24.4. The van der Waals surface area contributed by atoms with Crippen molar-refractivity contribution in [1.29, 1.82) is 0 Å². The van der Waals surface area contributed by atoms with Gasteiger partial charge in [0, 0.05) is 201 Å². The average Bonchev–Trinajstić information content (AvgIpc) is 0.874. The number of aromatic nitrogens is 16. The molecule has 0 aliphatic carbocycles. The molecule has 2 saturated heterocycles. The summed E-state index contributed by atoms with van der Waals surface area (Å²) in [4.78, 5) is 49.3. The summed E-state index contributed by atoms with van der Waals surface area (Å²) in [5.41, 5.74) is 20.9. The number of hydrogen-bond acceptors (Lipinski definition) is 29. The third-order valence-corrected chi connectivity index (χ3v) is 24.3. The van der Waals surface area contributed by atoms with Gasteiger partial charge in [0.25, 0.3) is 0 Å². The molecule has 33 nitrogen and oxygen atoms in total. The number of aryl methyl sites for hydroxylation is 2. The standard InChI is InChI=1S/C28H34N6O2.C27H31N5O3.C25H29N5O4.C25H29N5O3/c1-20-7-9-33(10-8-20)11-12-34(23-13-24(35-3)16-25(14-23)36-4)22-5-6-26-27(15-22)31-28(18-29-26)21-17-30-32(2)19-21;1-4-12-31(25-15-21(33-2)9-11-26(25)34-3)20-8-10-22-23(14-20)30-24(17-28-22)19-16-29-32(18-19)27-7-5-6-13-35-27;1-3-6-30(20-11-21(33-2)14-22(12-20)34-10-9-32)19-4-5-23-24(13-19)28-25(16-26-23)18-15-27-29(17-18)7-8-31;1-16(2)25(31)15-30(19-8-20(32-4)11-21(9-19)33-5)18-6-7-22-23(10-18)28-24(13-26-22)17-12-27-29(3)14-17/h5-6,13-20H,7-12H2,1-4H3;8-11,14-18,27H,4-7,12-13H2,1-3H3;4-5,11-17,31-32H,3,6-10H2,1-2H3;6-14,16,25,31H,15H2,1-5H3. The number of nitrogens with zero attached hydrogens (tertiary/aromatic N) is 21. The van der Waals surface area contributed by atoms with Crippen LogP contribution < -0.4 is 57.5 Å². The average molecular weight is 1870 g/mol. The highest BCUT2D eigenvalue weighted by Gasteiger charge is 2.26. The van der Waals surface area contributed by atoms with Gasteiger partial charge < -0.3 is 82.5 Å². The topological polar surface area (TPSA) is 334 Å². The Morgan fingerprint density at radius 2 is 0.833 bits per heavy atom. The maximum absolute atomic E-state index is 10.7. The number of likely N-dealkylation sites (tertiary alicyclic amines) is 1. The molecule has 2 atom stereocenters. The molecule has 0 amide bonds. The molecule has 138 heavy (non-hydrogen) atoms. The minimum atomic E-state index is -0.536. The Bertz CT molecular complexity index is 6670. The van der Waals surface area contributed by atoms with Gasteiger partial charge in [-0.1, -0.05) is 34.6 Å². The van der Waals surface area contributed by atoms with Crippen LogP contribution in [0.15, 0.2) is 220 Å². The first-order valence-corrected chi connectivity index (χ1v) is 46.7. The molecule has 8 aromatic carbocycles. The number of benzene rings is 8. The van der Waals surface area contributed by atoms with Crippen LogP contribution in [0, 0.1) is 11.8 Å². The van der Waals surface area contributed by atoms with Crippen molar-refractivity contribution in [3.8, 4) is 91.0 Å². The molecule has 3 N–H and O–H groups in total. The summed E-state index contributed by atoms with van der Waals surface area (Å²) in [5, 5.41) is 46.3. The summed E-state index contributed by atoms with van der Waals surface area (Å²) in [5.74, 6) is 6.66. The van der Waals surface area contributed by atoms with E-state index in [0.717, 1.165) is 242 Å². The Morgan fingerprint density at radius 1 is 0.406 bits per heavy atom. The highest BCUT2D eigenvalue weighted by Crippen LogP contribution is 2.42. The summed E-state index contributed by atoms with van der Waals surface area (Å²) in [7, 11) is 15.4. The lowest BCUT2D eigenvalue weighted by Crippen LogP contribution is -2.38. The van der Waals surface area contributed by atoms with Gasteiger partial charge in [0.2, 0.25) is 0 Å². The highest BCUT2D eigenvalue weighted by molar-refractivity contribution is 5.87. The van der Waals surface area contributed by atoms with E-state index in [9.17, 15) is 5.11 Å². The lowest BCUT2D eigenvalue weighted by atomic mass is 9.99. The van der Waals surface area contributed by atoms with Gasteiger partial charge in [-0.05, 0) is 155 Å². The van der Waals surface area contributed by atoms with Gasteiger partial charge >= 0.3 is 0 Å². The van der Waals surface area contributed by atoms with Crippen LogP contribution in [0.1, 0.15) is 85.8 Å². The van der Waals surface area contributed by atoms with Gasteiger partial charge in [-0.2, -0.15) is 20.4 Å². The second kappa shape index (κ2) is 46.7. The number of methoxy groups -OCH3 is 7. The summed E-state index contributed by atoms with van der Waals surface area (Å²) in [6.45, 7) is 18.1. The molecule has 18 rings (SSSR count). The molecular weight excluding hydrogens is 1750 g/mol. The summed E-state index contributed by atoms with van der Waals surface area (Å²) in [6.07, 6.45) is 29.1. The molecule has 8 aromatic heterocycles. The molecule has 0 saturated carbocycles. The van der Waals surface area contributed by atoms with Crippen molar-refractivity contribution in [2.24, 2.45) is 25.9 Å². The predicted octanol–water partition coefficient (Wildman–Crippen LogP) is 18.3. The third-order valence-electron chi connectivity index (χ3n) is 24.3. The smallest absolute Gasteiger partial charge is 0.150 e. The number of ether oxygens (including phenoxy) is 9. The fourth-order valence-electron chi connectivity index (χ4n) is 16.5. The number of anilines is 8. The number of aliphatic hydroxyl groups excluding tert-OH is 3. The second-order valence-electron chi connectivity index (χ2n) is 34.3. The summed E-state index contributed by atoms with van der Waals surface area (Å²) in [6, 6.07) is 47.6. The zero-order valence-electron chi connectivity index (χ0n) is 80.9. The van der Waals surface area contributed by atoms with Gasteiger partial charge in [-0.25, -0.2) is 24.6 Å². The Hall–Kier alpha value is -14.6. The number of piperidine rings is 1. The first-order valence-electron chi connectivity index (χ1n) is 46.7. The van der Waals surface area contributed by atoms with E-state index in [2.05, 4.69) is 117 Å². The molecule has 2 fully saturated rings. The van der Waals surface area contributed by atoms with Crippen molar-refractivity contribution in [2.75, 3.05) is 142 Å². The molecule has 0 spiro atoms. The molecule has 0 bridgehead atoms. The molecule has 33 heteroatoms. The van der Waals surface area contributed by atoms with Gasteiger partial charge in [0.15, 0.2) is 0 Å². The molecule has 2 unspecified atom stereocenters. The zero-order chi connectivity index (χ0) is 96.7. The highest BCUT2D eigenvalue weighted by atomic mass is 16.5. The normalized spacial score (nSPS) is 13.5. The van der Waals surface area contributed by atoms with Crippen molar-refractivity contribution < 1.29 is 58.0 Å². The number of fused-ring (bicyclic) bond motifs is 4. The minimum absolute atomic E-state index is 0.00188. The number of aliphatic hydroxyl groups is 3. The summed E-state index contributed by atoms with van der Waals surface area (Å²) < 4.78 is 57.3. The fourth-order valence-corrected chi connectivity index (χ4v) is 16.5. The van der Waals surface area contributed by atoms with E-state index in [0.29, 0.717) is 36.1 Å². The van der Waals surface area contributed by atoms with Gasteiger partial charge in [-0.3, -0.25) is 34.0 Å². The Morgan fingerprint density at radius 3 is 1.27 bits per heavy atom. The molecule has 720 valence electrons. The van der Waals surface area contributed by atoms with Crippen LogP contribution in [0.5, 0.6) is 46.0 Å². The van der Waals surface area contributed by atoms with Crippen LogP contribution in [-0.2, 0) is 25.4 Å². The molecule has 2 aliphatic rings. The maximum Gasteiger partial charge on any atom is 0.150 e. The van der Waals surface area contributed by atoms with Crippen molar-refractivity contribution in [2.45, 2.75) is 98.4 Å². The molecule has 0 radical (unpaired) electrons. The monoisotopic (exact) mass is 1870 g/mol. The van der Waals surface area contributed by atoms with E-state index in [4.69, 9.17) is 72.8 Å². The SMILES string of the molecule is CCCN(c1cc(OC)cc(OCCO)c1)c1ccc2ncc(-c3cnn(CCO)c3)nc2c1.CCCN(c1ccc2ncc(-c3cnn(C4CCCCO4)c3)nc2c1)c1cc(OC)ccc1OC.COc1cc(OC)cc(N(CC(O)C(C)C)c2ccc3ncc(-c4cnn(C)c4)nc3c2)c1.COc1cc(OC)cc(N(CCN2CCC(C)CC2)c2ccc3ncc(-c4cnn(C)c4)nc3c2)c1. The Labute approximate surface area is 804 Å². The van der Waals surface area contributed by atoms with E-state index in [1.54, 1.807) is 107 Å². The van der Waals surface area contributed by atoms with Gasteiger partial charge in [0.1, 0.15) is 58.8 Å². The van der Waals surface area contributed by atoms with E-state index in [1.807, 2.05) is 178 Å². The van der Waals surface area contributed by atoms with E-state index in [-0.39, 0.29) is 32.0 Å². The Balaban J connectivity index is 0.000000140. The maximum atomic E-state index is 10.7. The lowest BCUT2D eigenvalue weighted by Gasteiger charge is -2.33. The predicted molar refractivity (Wildman–Crippen MR) is 539 cm³/mol. The van der Waals surface area contributed by atoms with Crippen LogP contribution in [-0.4, -0.2) is 227 Å². The zero-order valence-corrected chi connectivity index (χ0v) is 80.9. The Kier molecular flexibility index (Phi) is 33.2. The quantitative estimate of drug-likeness (QED) is 0.0332. The summed E-state index contributed by atoms with van der Waals surface area (Å²) >= 11 is 0. The fraction of sp³-hybridized carbons (Fsp3) is 0.352. The van der Waals surface area contributed by atoms with Crippen molar-refractivity contribution in [3.63, 3.8) is 0 Å². The largest absolute Gasteiger partial charge is 0.497 e. The van der Waals surface area contributed by atoms with E-state index in [1.165, 1.54) is 12.8 Å². The van der Waals surface area contributed by atoms with E-state index >= 15 is 0 Å². The van der Waals surface area contributed by atoms with Crippen LogP contribution in [0.4, 0.5) is 45.5 Å².